The van der Waals surface area contributed by atoms with Crippen LogP contribution in [0.25, 0.3) is 0 Å². The van der Waals surface area contributed by atoms with E-state index in [1.807, 2.05) is 13.8 Å². The molecule has 0 radical (unpaired) electrons. The van der Waals surface area contributed by atoms with Crippen molar-refractivity contribution >= 4 is 27.5 Å². The lowest BCUT2D eigenvalue weighted by atomic mass is 10.2. The first-order valence-corrected chi connectivity index (χ1v) is 6.92. The highest BCUT2D eigenvalue weighted by atomic mass is 79.9. The van der Waals surface area contributed by atoms with Crippen molar-refractivity contribution in [3.63, 3.8) is 0 Å². The minimum Gasteiger partial charge on any atom is -0.325 e. The first-order chi connectivity index (χ1) is 9.22. The Bertz CT molecular complexity index is 477. The van der Waals surface area contributed by atoms with Gasteiger partial charge in [-0.05, 0) is 31.5 Å². The van der Waals surface area contributed by atoms with Gasteiger partial charge in [0.25, 0.3) is 0 Å². The summed E-state index contributed by atoms with van der Waals surface area (Å²) in [5.41, 5.74) is -0.695. The molecule has 0 heterocycles. The molecule has 0 saturated heterocycles. The number of hydrogen-bond acceptors (Lipinski definition) is 2. The summed E-state index contributed by atoms with van der Waals surface area (Å²) in [6.45, 7) is 3.95. The Morgan fingerprint density at radius 1 is 1.35 bits per heavy atom. The molecule has 0 bridgehead atoms. The summed E-state index contributed by atoms with van der Waals surface area (Å²) in [6.07, 6.45) is -3.58. The number of halogens is 4. The van der Waals surface area contributed by atoms with Gasteiger partial charge in [-0.25, -0.2) is 0 Å². The molecule has 0 saturated carbocycles. The average Bonchev–Trinajstić information content (AvgIpc) is 2.34. The van der Waals surface area contributed by atoms with Gasteiger partial charge in [0.15, 0.2) is 0 Å². The van der Waals surface area contributed by atoms with Crippen molar-refractivity contribution in [2.75, 3.05) is 11.9 Å². The second kappa shape index (κ2) is 7.08. The standard InChI is InChI=1S/C13H16BrF3N2O/c1-3-8(2)18-7-12(20)19-11-5-9(13(15,16)17)4-10(14)6-11/h4-6,8,18H,3,7H2,1-2H3,(H,19,20). The van der Waals surface area contributed by atoms with Crippen LogP contribution in [0, 0.1) is 0 Å². The lowest BCUT2D eigenvalue weighted by molar-refractivity contribution is -0.137. The van der Waals surface area contributed by atoms with Crippen LogP contribution in [0.2, 0.25) is 0 Å². The third-order valence-electron chi connectivity index (χ3n) is 2.73. The lowest BCUT2D eigenvalue weighted by Gasteiger charge is -2.13. The fourth-order valence-corrected chi connectivity index (χ4v) is 1.94. The quantitative estimate of drug-likeness (QED) is 0.846. The van der Waals surface area contributed by atoms with E-state index >= 15 is 0 Å². The third-order valence-corrected chi connectivity index (χ3v) is 3.19. The third kappa shape index (κ3) is 5.50. The zero-order valence-electron chi connectivity index (χ0n) is 11.1. The van der Waals surface area contributed by atoms with Gasteiger partial charge in [0.1, 0.15) is 0 Å². The van der Waals surface area contributed by atoms with Crippen LogP contribution < -0.4 is 10.6 Å². The minimum atomic E-state index is -4.45. The molecule has 2 N–H and O–H groups in total. The van der Waals surface area contributed by atoms with E-state index in [4.69, 9.17) is 0 Å². The normalized spacial score (nSPS) is 13.1. The predicted molar refractivity (Wildman–Crippen MR) is 75.5 cm³/mol. The fourth-order valence-electron chi connectivity index (χ4n) is 1.44. The summed E-state index contributed by atoms with van der Waals surface area (Å²) in [7, 11) is 0. The van der Waals surface area contributed by atoms with E-state index in [1.54, 1.807) is 0 Å². The molecule has 0 aromatic heterocycles. The van der Waals surface area contributed by atoms with Crippen LogP contribution in [0.3, 0.4) is 0 Å². The number of benzene rings is 1. The number of nitrogens with one attached hydrogen (secondary N) is 2. The van der Waals surface area contributed by atoms with Gasteiger partial charge in [-0.15, -0.1) is 0 Å². The minimum absolute atomic E-state index is 0.0584. The summed E-state index contributed by atoms with van der Waals surface area (Å²) in [5, 5.41) is 5.41. The van der Waals surface area contributed by atoms with Crippen molar-refractivity contribution in [3.05, 3.63) is 28.2 Å². The number of anilines is 1. The Morgan fingerprint density at radius 2 is 2.00 bits per heavy atom. The molecule has 1 unspecified atom stereocenters. The van der Waals surface area contributed by atoms with Gasteiger partial charge in [0.2, 0.25) is 5.91 Å². The Labute approximate surface area is 124 Å². The van der Waals surface area contributed by atoms with Gasteiger partial charge in [-0.3, -0.25) is 4.79 Å². The molecule has 0 aliphatic rings. The van der Waals surface area contributed by atoms with Crippen molar-refractivity contribution in [3.8, 4) is 0 Å². The van der Waals surface area contributed by atoms with Crippen LogP contribution in [0.4, 0.5) is 18.9 Å². The van der Waals surface area contributed by atoms with E-state index in [0.717, 1.165) is 18.6 Å². The van der Waals surface area contributed by atoms with Gasteiger partial charge in [-0.1, -0.05) is 22.9 Å². The van der Waals surface area contributed by atoms with E-state index in [0.29, 0.717) is 0 Å². The second-order valence-electron chi connectivity index (χ2n) is 4.46. The molecule has 0 aliphatic carbocycles. The maximum absolute atomic E-state index is 12.6. The summed E-state index contributed by atoms with van der Waals surface area (Å²) in [5.74, 6) is -0.378. The van der Waals surface area contributed by atoms with Crippen LogP contribution in [0.1, 0.15) is 25.8 Å². The Kier molecular flexibility index (Phi) is 6.01. The monoisotopic (exact) mass is 352 g/mol. The van der Waals surface area contributed by atoms with E-state index in [-0.39, 0.29) is 28.7 Å². The Morgan fingerprint density at radius 3 is 2.55 bits per heavy atom. The second-order valence-corrected chi connectivity index (χ2v) is 5.38. The smallest absolute Gasteiger partial charge is 0.325 e. The summed E-state index contributed by atoms with van der Waals surface area (Å²) in [6, 6.07) is 3.48. The van der Waals surface area contributed by atoms with Crippen LogP contribution in [0.5, 0.6) is 0 Å². The number of amides is 1. The van der Waals surface area contributed by atoms with Gasteiger partial charge < -0.3 is 10.6 Å². The summed E-state index contributed by atoms with van der Waals surface area (Å²) >= 11 is 3.00. The predicted octanol–water partition coefficient (Wildman–Crippen LogP) is 3.79. The molecular weight excluding hydrogens is 337 g/mol. The first-order valence-electron chi connectivity index (χ1n) is 6.13. The molecular formula is C13H16BrF3N2O. The van der Waals surface area contributed by atoms with Gasteiger partial charge >= 0.3 is 6.18 Å². The Hall–Kier alpha value is -1.08. The number of carbonyl (C=O) groups excluding carboxylic acids is 1. The first kappa shape index (κ1) is 17.0. The topological polar surface area (TPSA) is 41.1 Å². The molecule has 1 amide bonds. The molecule has 1 atom stereocenters. The fraction of sp³-hybridized carbons (Fsp3) is 0.462. The largest absolute Gasteiger partial charge is 0.416 e. The molecule has 0 spiro atoms. The van der Waals surface area contributed by atoms with Crippen LogP contribution >= 0.6 is 15.9 Å². The van der Waals surface area contributed by atoms with Crippen molar-refractivity contribution in [1.82, 2.24) is 5.32 Å². The average molecular weight is 353 g/mol. The molecule has 1 rings (SSSR count). The van der Waals surface area contributed by atoms with E-state index in [9.17, 15) is 18.0 Å². The maximum atomic E-state index is 12.6. The molecule has 1 aromatic carbocycles. The Balaban J connectivity index is 2.73. The van der Waals surface area contributed by atoms with Gasteiger partial charge in [-0.2, -0.15) is 13.2 Å². The molecule has 1 aromatic rings. The summed E-state index contributed by atoms with van der Waals surface area (Å²) < 4.78 is 38.2. The van der Waals surface area contributed by atoms with E-state index in [1.165, 1.54) is 6.07 Å². The van der Waals surface area contributed by atoms with Crippen LogP contribution in [0.15, 0.2) is 22.7 Å². The highest BCUT2D eigenvalue weighted by molar-refractivity contribution is 9.10. The highest BCUT2D eigenvalue weighted by Gasteiger charge is 2.31. The molecule has 20 heavy (non-hydrogen) atoms. The molecule has 3 nitrogen and oxygen atoms in total. The number of hydrogen-bond donors (Lipinski definition) is 2. The van der Waals surface area contributed by atoms with Crippen LogP contribution in [-0.4, -0.2) is 18.5 Å². The molecule has 7 heteroatoms. The number of alkyl halides is 3. The van der Waals surface area contributed by atoms with Crippen LogP contribution in [-0.2, 0) is 11.0 Å². The SMILES string of the molecule is CCC(C)NCC(=O)Nc1cc(Br)cc(C(F)(F)F)c1. The van der Waals surface area contributed by atoms with Crippen molar-refractivity contribution in [1.29, 1.82) is 0 Å². The molecule has 0 aliphatic heterocycles. The van der Waals surface area contributed by atoms with Crippen molar-refractivity contribution in [2.45, 2.75) is 32.5 Å². The maximum Gasteiger partial charge on any atom is 0.416 e. The van der Waals surface area contributed by atoms with E-state index < -0.39 is 11.7 Å². The summed E-state index contributed by atoms with van der Waals surface area (Å²) in [4.78, 5) is 11.6. The molecule has 112 valence electrons. The number of carbonyl (C=O) groups is 1. The van der Waals surface area contributed by atoms with Gasteiger partial charge in [0, 0.05) is 16.2 Å². The lowest BCUT2D eigenvalue weighted by Crippen LogP contribution is -2.34. The zero-order chi connectivity index (χ0) is 15.3. The van der Waals surface area contributed by atoms with E-state index in [2.05, 4.69) is 26.6 Å². The van der Waals surface area contributed by atoms with Gasteiger partial charge in [0.05, 0.1) is 12.1 Å². The number of rotatable bonds is 5. The van der Waals surface area contributed by atoms with Crippen molar-refractivity contribution < 1.29 is 18.0 Å². The van der Waals surface area contributed by atoms with Crippen molar-refractivity contribution in [2.24, 2.45) is 0 Å². The highest BCUT2D eigenvalue weighted by Crippen LogP contribution is 2.33. The zero-order valence-corrected chi connectivity index (χ0v) is 12.7. The molecule has 0 fully saturated rings.